The van der Waals surface area contributed by atoms with Gasteiger partial charge in [0.15, 0.2) is 5.79 Å². The Balaban J connectivity index is 2.04. The molecular formula is C18H22O3. The standard InChI is InChI=1S/C18H22O3/c1-5-18(20-12(2)13(3)21-18)16-8-6-15-11-17(19-4)9-7-14(15)10-16/h6-13H,5H2,1-4H3/t12-,13-/m1/s1. The van der Waals surface area contributed by atoms with Crippen molar-refractivity contribution in [2.45, 2.75) is 45.2 Å². The molecule has 2 aromatic rings. The molecule has 3 rings (SSSR count). The van der Waals surface area contributed by atoms with E-state index in [1.54, 1.807) is 7.11 Å². The van der Waals surface area contributed by atoms with Crippen molar-refractivity contribution in [3.05, 3.63) is 42.0 Å². The van der Waals surface area contributed by atoms with Crippen LogP contribution in [0.25, 0.3) is 10.8 Å². The van der Waals surface area contributed by atoms with Crippen molar-refractivity contribution in [1.82, 2.24) is 0 Å². The third kappa shape index (κ3) is 2.41. The van der Waals surface area contributed by atoms with Crippen LogP contribution in [0.5, 0.6) is 5.75 Å². The first-order valence-electron chi connectivity index (χ1n) is 7.52. The Bertz CT molecular complexity index is 640. The lowest BCUT2D eigenvalue weighted by molar-refractivity contribution is -0.183. The second-order valence-corrected chi connectivity index (χ2v) is 5.68. The summed E-state index contributed by atoms with van der Waals surface area (Å²) < 4.78 is 17.6. The smallest absolute Gasteiger partial charge is 0.195 e. The molecule has 112 valence electrons. The number of ether oxygens (including phenoxy) is 3. The fourth-order valence-electron chi connectivity index (χ4n) is 2.91. The van der Waals surface area contributed by atoms with Crippen LogP contribution in [0.4, 0.5) is 0 Å². The molecule has 0 saturated carbocycles. The molecule has 0 bridgehead atoms. The van der Waals surface area contributed by atoms with Crippen LogP contribution < -0.4 is 4.74 Å². The molecule has 3 heteroatoms. The highest BCUT2D eigenvalue weighted by Crippen LogP contribution is 2.41. The Morgan fingerprint density at radius 2 is 1.62 bits per heavy atom. The van der Waals surface area contributed by atoms with Gasteiger partial charge < -0.3 is 14.2 Å². The quantitative estimate of drug-likeness (QED) is 0.845. The van der Waals surface area contributed by atoms with Crippen molar-refractivity contribution in [1.29, 1.82) is 0 Å². The van der Waals surface area contributed by atoms with Crippen molar-refractivity contribution in [3.63, 3.8) is 0 Å². The molecule has 1 aliphatic rings. The zero-order valence-corrected chi connectivity index (χ0v) is 13.1. The largest absolute Gasteiger partial charge is 0.497 e. The predicted molar refractivity (Wildman–Crippen MR) is 83.6 cm³/mol. The van der Waals surface area contributed by atoms with E-state index in [4.69, 9.17) is 14.2 Å². The van der Waals surface area contributed by atoms with Crippen molar-refractivity contribution in [2.24, 2.45) is 0 Å². The second kappa shape index (κ2) is 5.32. The van der Waals surface area contributed by atoms with Gasteiger partial charge in [-0.25, -0.2) is 0 Å². The highest BCUT2D eigenvalue weighted by atomic mass is 16.8. The Kier molecular flexibility index (Phi) is 3.64. The number of benzene rings is 2. The minimum atomic E-state index is -0.618. The first-order chi connectivity index (χ1) is 10.1. The van der Waals surface area contributed by atoms with E-state index in [0.717, 1.165) is 23.1 Å². The van der Waals surface area contributed by atoms with Crippen molar-refractivity contribution in [2.75, 3.05) is 7.11 Å². The highest BCUT2D eigenvalue weighted by Gasteiger charge is 2.44. The maximum atomic E-state index is 6.14. The molecule has 1 saturated heterocycles. The molecule has 0 aromatic heterocycles. The van der Waals surface area contributed by atoms with Gasteiger partial charge in [0.1, 0.15) is 5.75 Å². The third-order valence-corrected chi connectivity index (χ3v) is 4.37. The van der Waals surface area contributed by atoms with Gasteiger partial charge in [-0.05, 0) is 42.8 Å². The molecule has 3 nitrogen and oxygen atoms in total. The van der Waals surface area contributed by atoms with E-state index in [1.807, 2.05) is 12.1 Å². The first kappa shape index (κ1) is 14.4. The van der Waals surface area contributed by atoms with Crippen LogP contribution in [0.2, 0.25) is 0 Å². The number of fused-ring (bicyclic) bond motifs is 1. The minimum absolute atomic E-state index is 0.108. The Morgan fingerprint density at radius 1 is 1.00 bits per heavy atom. The molecule has 2 atom stereocenters. The number of methoxy groups -OCH3 is 1. The molecule has 1 fully saturated rings. The highest BCUT2D eigenvalue weighted by molar-refractivity contribution is 5.84. The summed E-state index contributed by atoms with van der Waals surface area (Å²) in [6, 6.07) is 12.4. The van der Waals surface area contributed by atoms with Crippen molar-refractivity contribution >= 4 is 10.8 Å². The molecular weight excluding hydrogens is 264 g/mol. The van der Waals surface area contributed by atoms with E-state index < -0.39 is 5.79 Å². The second-order valence-electron chi connectivity index (χ2n) is 5.68. The fraction of sp³-hybridized carbons (Fsp3) is 0.444. The first-order valence-corrected chi connectivity index (χ1v) is 7.52. The van der Waals surface area contributed by atoms with Crippen molar-refractivity contribution in [3.8, 4) is 5.75 Å². The Morgan fingerprint density at radius 3 is 2.24 bits per heavy atom. The zero-order chi connectivity index (χ0) is 15.0. The van der Waals surface area contributed by atoms with Gasteiger partial charge in [0.05, 0.1) is 19.3 Å². The lowest BCUT2D eigenvalue weighted by Crippen LogP contribution is -2.27. The van der Waals surface area contributed by atoms with Gasteiger partial charge >= 0.3 is 0 Å². The van der Waals surface area contributed by atoms with Gasteiger partial charge in [-0.3, -0.25) is 0 Å². The summed E-state index contributed by atoms with van der Waals surface area (Å²) >= 11 is 0. The summed E-state index contributed by atoms with van der Waals surface area (Å²) in [5, 5.41) is 2.32. The molecule has 0 spiro atoms. The SMILES string of the molecule is CCC1(c2ccc3cc(OC)ccc3c2)O[C@H](C)[C@@H](C)O1. The lowest BCUT2D eigenvalue weighted by atomic mass is 9.99. The molecule has 0 amide bonds. The predicted octanol–water partition coefficient (Wildman–Crippen LogP) is 4.24. The summed E-state index contributed by atoms with van der Waals surface area (Å²) in [5.41, 5.74) is 1.08. The van der Waals surface area contributed by atoms with E-state index in [9.17, 15) is 0 Å². The van der Waals surface area contributed by atoms with Gasteiger partial charge in [0, 0.05) is 12.0 Å². The molecule has 21 heavy (non-hydrogen) atoms. The summed E-state index contributed by atoms with van der Waals surface area (Å²) in [6.07, 6.45) is 1.01. The summed E-state index contributed by atoms with van der Waals surface area (Å²) in [5.74, 6) is 0.253. The van der Waals surface area contributed by atoms with E-state index in [0.29, 0.717) is 0 Å². The molecule has 1 heterocycles. The fourth-order valence-corrected chi connectivity index (χ4v) is 2.91. The molecule has 1 aliphatic heterocycles. The average Bonchev–Trinajstić information content (AvgIpc) is 2.82. The van der Waals surface area contributed by atoms with Crippen LogP contribution in [0.1, 0.15) is 32.8 Å². The van der Waals surface area contributed by atoms with Gasteiger partial charge in [-0.1, -0.05) is 25.1 Å². The van der Waals surface area contributed by atoms with Crippen LogP contribution in [0.3, 0.4) is 0 Å². The van der Waals surface area contributed by atoms with Crippen LogP contribution in [0.15, 0.2) is 36.4 Å². The molecule has 0 unspecified atom stereocenters. The summed E-state index contributed by atoms with van der Waals surface area (Å²) in [6.45, 7) is 6.23. The summed E-state index contributed by atoms with van der Waals surface area (Å²) in [7, 11) is 1.69. The topological polar surface area (TPSA) is 27.7 Å². The molecule has 2 aromatic carbocycles. The normalized spacial score (nSPS) is 24.4. The Hall–Kier alpha value is -1.58. The van der Waals surface area contributed by atoms with Crippen LogP contribution in [-0.2, 0) is 15.3 Å². The number of hydrogen-bond acceptors (Lipinski definition) is 3. The van der Waals surface area contributed by atoms with E-state index in [2.05, 4.69) is 45.0 Å². The van der Waals surface area contributed by atoms with Crippen LogP contribution in [-0.4, -0.2) is 19.3 Å². The minimum Gasteiger partial charge on any atom is -0.497 e. The number of rotatable bonds is 3. The lowest BCUT2D eigenvalue weighted by Gasteiger charge is -2.27. The third-order valence-electron chi connectivity index (χ3n) is 4.37. The van der Waals surface area contributed by atoms with Gasteiger partial charge in [-0.2, -0.15) is 0 Å². The Labute approximate surface area is 125 Å². The van der Waals surface area contributed by atoms with Gasteiger partial charge in [0.25, 0.3) is 0 Å². The molecule has 0 aliphatic carbocycles. The number of hydrogen-bond donors (Lipinski definition) is 0. The maximum absolute atomic E-state index is 6.14. The van der Waals surface area contributed by atoms with E-state index in [1.165, 1.54) is 5.39 Å². The molecule has 0 N–H and O–H groups in total. The van der Waals surface area contributed by atoms with Gasteiger partial charge in [-0.15, -0.1) is 0 Å². The maximum Gasteiger partial charge on any atom is 0.195 e. The van der Waals surface area contributed by atoms with E-state index >= 15 is 0 Å². The molecule has 0 radical (unpaired) electrons. The zero-order valence-electron chi connectivity index (χ0n) is 13.1. The average molecular weight is 286 g/mol. The monoisotopic (exact) mass is 286 g/mol. The summed E-state index contributed by atoms with van der Waals surface area (Å²) in [4.78, 5) is 0. The van der Waals surface area contributed by atoms with Gasteiger partial charge in [0.2, 0.25) is 0 Å². The van der Waals surface area contributed by atoms with E-state index in [-0.39, 0.29) is 12.2 Å². The van der Waals surface area contributed by atoms with Crippen LogP contribution >= 0.6 is 0 Å². The van der Waals surface area contributed by atoms with Crippen molar-refractivity contribution < 1.29 is 14.2 Å². The van der Waals surface area contributed by atoms with Crippen LogP contribution in [0, 0.1) is 0 Å².